The van der Waals surface area contributed by atoms with Crippen LogP contribution in [-0.4, -0.2) is 31.6 Å². The van der Waals surface area contributed by atoms with Crippen LogP contribution in [0.15, 0.2) is 47.0 Å². The van der Waals surface area contributed by atoms with Gasteiger partial charge in [-0.1, -0.05) is 35.5 Å². The number of aryl methyl sites for hydroxylation is 1. The molecule has 0 fully saturated rings. The van der Waals surface area contributed by atoms with Crippen LogP contribution in [0.25, 0.3) is 0 Å². The van der Waals surface area contributed by atoms with Crippen molar-refractivity contribution in [2.45, 2.75) is 29.3 Å². The fraction of sp³-hybridized carbons (Fsp3) is 0.267. The molecular weight excluding hydrogens is 318 g/mol. The average Bonchev–Trinajstić information content (AvgIpc) is 2.87. The second-order valence-electron chi connectivity index (χ2n) is 4.58. The van der Waals surface area contributed by atoms with E-state index in [9.17, 15) is 4.79 Å². The van der Waals surface area contributed by atoms with Gasteiger partial charge in [-0.2, -0.15) is 0 Å². The highest BCUT2D eigenvalue weighted by Crippen LogP contribution is 2.24. The molecule has 0 bridgehead atoms. The first kappa shape index (κ1) is 16.6. The second kappa shape index (κ2) is 8.05. The molecule has 1 N–H and O–H groups in total. The molecule has 0 spiro atoms. The van der Waals surface area contributed by atoms with E-state index >= 15 is 0 Å². The number of hydrogen-bond donors (Lipinski definition) is 1. The van der Waals surface area contributed by atoms with Gasteiger partial charge in [-0.3, -0.25) is 4.79 Å². The second-order valence-corrected chi connectivity index (χ2v) is 6.57. The predicted molar refractivity (Wildman–Crippen MR) is 89.3 cm³/mol. The van der Waals surface area contributed by atoms with Crippen LogP contribution in [0.3, 0.4) is 0 Å². The van der Waals surface area contributed by atoms with Gasteiger partial charge in [-0.15, -0.1) is 28.5 Å². The van der Waals surface area contributed by atoms with Crippen LogP contribution in [0.1, 0.15) is 11.4 Å². The summed E-state index contributed by atoms with van der Waals surface area (Å²) in [6, 6.07) is 8.30. The van der Waals surface area contributed by atoms with Gasteiger partial charge in [0.05, 0.1) is 11.5 Å². The van der Waals surface area contributed by atoms with Crippen molar-refractivity contribution in [3.05, 3.63) is 48.3 Å². The largest absolute Gasteiger partial charge is 0.481 e. The van der Waals surface area contributed by atoms with Gasteiger partial charge in [0.25, 0.3) is 0 Å². The van der Waals surface area contributed by atoms with E-state index in [-0.39, 0.29) is 5.75 Å². The Morgan fingerprint density at radius 2 is 2.05 bits per heavy atom. The third-order valence-corrected chi connectivity index (χ3v) is 4.78. The van der Waals surface area contributed by atoms with Crippen molar-refractivity contribution in [1.82, 2.24) is 14.8 Å². The van der Waals surface area contributed by atoms with Gasteiger partial charge in [-0.25, -0.2) is 0 Å². The van der Waals surface area contributed by atoms with E-state index in [1.165, 1.54) is 22.2 Å². The zero-order valence-corrected chi connectivity index (χ0v) is 13.9. The molecule has 0 unspecified atom stereocenters. The standard InChI is InChI=1S/C15H17N3O2S2/c1-3-8-18-13(16-17-15(18)22-10-14(19)20)9-21-12-6-4-11(2)5-7-12/h3-7H,1,8-10H2,2H3,(H,19,20). The Morgan fingerprint density at radius 1 is 1.32 bits per heavy atom. The number of benzene rings is 1. The molecule has 22 heavy (non-hydrogen) atoms. The molecule has 0 aliphatic carbocycles. The van der Waals surface area contributed by atoms with Crippen LogP contribution in [0.2, 0.25) is 0 Å². The normalized spacial score (nSPS) is 10.6. The first-order valence-corrected chi connectivity index (χ1v) is 8.64. The SMILES string of the molecule is C=CCn1c(CSc2ccc(C)cc2)nnc1SCC(=O)O. The smallest absolute Gasteiger partial charge is 0.313 e. The lowest BCUT2D eigenvalue weighted by Gasteiger charge is -2.07. The van der Waals surface area contributed by atoms with Gasteiger partial charge in [0.2, 0.25) is 0 Å². The third-order valence-electron chi connectivity index (χ3n) is 2.82. The molecule has 1 heterocycles. The molecular formula is C15H17N3O2S2. The molecule has 0 aliphatic rings. The minimum absolute atomic E-state index is 0.0274. The van der Waals surface area contributed by atoms with Crippen molar-refractivity contribution in [2.75, 3.05) is 5.75 Å². The van der Waals surface area contributed by atoms with Crippen LogP contribution in [0.5, 0.6) is 0 Å². The highest BCUT2D eigenvalue weighted by molar-refractivity contribution is 7.99. The van der Waals surface area contributed by atoms with E-state index in [0.29, 0.717) is 17.5 Å². The van der Waals surface area contributed by atoms with Crippen LogP contribution in [0.4, 0.5) is 0 Å². The zero-order chi connectivity index (χ0) is 15.9. The Hall–Kier alpha value is -1.73. The highest BCUT2D eigenvalue weighted by atomic mass is 32.2. The Morgan fingerprint density at radius 3 is 2.68 bits per heavy atom. The Kier molecular flexibility index (Phi) is 6.09. The highest BCUT2D eigenvalue weighted by Gasteiger charge is 2.13. The molecule has 5 nitrogen and oxygen atoms in total. The quantitative estimate of drug-likeness (QED) is 0.590. The number of rotatable bonds is 8. The lowest BCUT2D eigenvalue weighted by atomic mass is 10.2. The van der Waals surface area contributed by atoms with E-state index in [2.05, 4.69) is 48.0 Å². The summed E-state index contributed by atoms with van der Waals surface area (Å²) in [6.45, 7) is 6.36. The number of carboxylic acid groups (broad SMARTS) is 1. The summed E-state index contributed by atoms with van der Waals surface area (Å²) >= 11 is 2.85. The summed E-state index contributed by atoms with van der Waals surface area (Å²) in [7, 11) is 0. The van der Waals surface area contributed by atoms with Crippen LogP contribution in [0, 0.1) is 6.92 Å². The number of carboxylic acids is 1. The van der Waals surface area contributed by atoms with E-state index in [0.717, 1.165) is 5.82 Å². The molecule has 0 atom stereocenters. The van der Waals surface area contributed by atoms with Crippen molar-refractivity contribution in [3.63, 3.8) is 0 Å². The van der Waals surface area contributed by atoms with Gasteiger partial charge in [0, 0.05) is 11.4 Å². The molecule has 2 rings (SSSR count). The molecule has 7 heteroatoms. The third kappa shape index (κ3) is 4.64. The minimum Gasteiger partial charge on any atom is -0.481 e. The van der Waals surface area contributed by atoms with Crippen molar-refractivity contribution >= 4 is 29.5 Å². The molecule has 1 aromatic heterocycles. The first-order chi connectivity index (χ1) is 10.6. The van der Waals surface area contributed by atoms with Crippen LogP contribution >= 0.6 is 23.5 Å². The summed E-state index contributed by atoms with van der Waals surface area (Å²) in [5.74, 6) is 0.602. The topological polar surface area (TPSA) is 68.0 Å². The number of carbonyl (C=O) groups is 1. The van der Waals surface area contributed by atoms with Gasteiger partial charge >= 0.3 is 5.97 Å². The molecule has 2 aromatic rings. The van der Waals surface area contributed by atoms with E-state index in [4.69, 9.17) is 5.11 Å². The maximum atomic E-state index is 10.7. The lowest BCUT2D eigenvalue weighted by Crippen LogP contribution is -2.05. The number of aromatic nitrogens is 3. The number of aliphatic carboxylic acids is 1. The maximum absolute atomic E-state index is 10.7. The van der Waals surface area contributed by atoms with Gasteiger partial charge < -0.3 is 9.67 Å². The van der Waals surface area contributed by atoms with Gasteiger partial charge in [0.1, 0.15) is 5.82 Å². The lowest BCUT2D eigenvalue weighted by molar-refractivity contribution is -0.133. The van der Waals surface area contributed by atoms with Crippen molar-refractivity contribution in [1.29, 1.82) is 0 Å². The van der Waals surface area contributed by atoms with Crippen LogP contribution < -0.4 is 0 Å². The summed E-state index contributed by atoms with van der Waals surface area (Å²) in [5, 5.41) is 17.6. The van der Waals surface area contributed by atoms with Crippen molar-refractivity contribution < 1.29 is 9.90 Å². The number of thioether (sulfide) groups is 2. The Balaban J connectivity index is 2.07. The van der Waals surface area contributed by atoms with E-state index < -0.39 is 5.97 Å². The molecule has 1 aromatic carbocycles. The molecule has 0 saturated heterocycles. The number of allylic oxidation sites excluding steroid dienone is 1. The fourth-order valence-electron chi connectivity index (χ4n) is 1.75. The molecule has 0 saturated carbocycles. The molecule has 116 valence electrons. The zero-order valence-electron chi connectivity index (χ0n) is 12.2. The first-order valence-electron chi connectivity index (χ1n) is 6.67. The van der Waals surface area contributed by atoms with Crippen molar-refractivity contribution in [2.24, 2.45) is 0 Å². The summed E-state index contributed by atoms with van der Waals surface area (Å²) < 4.78 is 1.90. The maximum Gasteiger partial charge on any atom is 0.313 e. The Bertz CT molecular complexity index is 653. The monoisotopic (exact) mass is 335 g/mol. The van der Waals surface area contributed by atoms with E-state index in [1.807, 2.05) is 4.57 Å². The molecule has 0 aliphatic heterocycles. The van der Waals surface area contributed by atoms with E-state index in [1.54, 1.807) is 17.8 Å². The minimum atomic E-state index is -0.867. The van der Waals surface area contributed by atoms with Crippen molar-refractivity contribution in [3.8, 4) is 0 Å². The van der Waals surface area contributed by atoms with Gasteiger partial charge in [0.15, 0.2) is 5.16 Å². The van der Waals surface area contributed by atoms with Gasteiger partial charge in [-0.05, 0) is 19.1 Å². The Labute approximate surface area is 137 Å². The fourth-order valence-corrected chi connectivity index (χ4v) is 3.28. The number of nitrogens with zero attached hydrogens (tertiary/aromatic N) is 3. The summed E-state index contributed by atoms with van der Waals surface area (Å²) in [6.07, 6.45) is 1.76. The summed E-state index contributed by atoms with van der Waals surface area (Å²) in [4.78, 5) is 11.8. The predicted octanol–water partition coefficient (Wildman–Crippen LogP) is 3.24. The number of hydrogen-bond acceptors (Lipinski definition) is 5. The van der Waals surface area contributed by atoms with Crippen LogP contribution in [-0.2, 0) is 17.1 Å². The molecule has 0 radical (unpaired) electrons. The molecule has 0 amide bonds. The average molecular weight is 335 g/mol. The summed E-state index contributed by atoms with van der Waals surface area (Å²) in [5.41, 5.74) is 1.23.